The van der Waals surface area contributed by atoms with E-state index in [-0.39, 0.29) is 0 Å². The van der Waals surface area contributed by atoms with Crippen molar-refractivity contribution in [2.75, 3.05) is 0 Å². The van der Waals surface area contributed by atoms with Crippen molar-refractivity contribution in [3.05, 3.63) is 18.1 Å². The molecule has 0 bridgehead atoms. The van der Waals surface area contributed by atoms with E-state index in [1.165, 1.54) is 57.8 Å². The lowest BCUT2D eigenvalue weighted by molar-refractivity contribution is 0.408. The van der Waals surface area contributed by atoms with Crippen molar-refractivity contribution < 1.29 is 0 Å². The molecule has 0 aromatic rings. The number of hydrogen-bond donors (Lipinski definition) is 0. The van der Waals surface area contributed by atoms with Crippen LogP contribution >= 0.6 is 0 Å². The molecule has 21 heavy (non-hydrogen) atoms. The molecule has 0 heteroatoms. The van der Waals surface area contributed by atoms with Crippen molar-refractivity contribution >= 4 is 0 Å². The van der Waals surface area contributed by atoms with E-state index in [1.54, 1.807) is 5.57 Å². The van der Waals surface area contributed by atoms with E-state index < -0.39 is 0 Å². The summed E-state index contributed by atoms with van der Waals surface area (Å²) in [6, 6.07) is 0. The summed E-state index contributed by atoms with van der Waals surface area (Å²) in [6.07, 6.45) is 17.0. The summed E-state index contributed by atoms with van der Waals surface area (Å²) < 4.78 is 0. The Morgan fingerprint density at radius 2 is 1.52 bits per heavy atom. The van der Waals surface area contributed by atoms with Crippen LogP contribution in [0.4, 0.5) is 0 Å². The van der Waals surface area contributed by atoms with Crippen LogP contribution in [0.5, 0.6) is 0 Å². The van der Waals surface area contributed by atoms with E-state index in [0.29, 0.717) is 0 Å². The Bertz CT molecular complexity index is 249. The van der Waals surface area contributed by atoms with Crippen LogP contribution in [0.1, 0.15) is 99.3 Å². The molecule has 0 aliphatic rings. The minimum Gasteiger partial charge on any atom is -0.0859 e. The standard InChI is InChI=1S/C21H41/c1-7-11-19(4)14-9-15-21(6)17-10-16-20(5)13-8-12-18(2)3/h11,15,18,20-21H,7-10,12-14,16-17H2,1-6H3/b19-11+/t20-,21+/m1/s1. The van der Waals surface area contributed by atoms with Crippen LogP contribution < -0.4 is 0 Å². The fourth-order valence-corrected chi connectivity index (χ4v) is 2.97. The van der Waals surface area contributed by atoms with E-state index in [4.69, 9.17) is 0 Å². The van der Waals surface area contributed by atoms with Gasteiger partial charge in [-0.25, -0.2) is 0 Å². The molecular formula is C21H41. The lowest BCUT2D eigenvalue weighted by Crippen LogP contribution is -2.00. The van der Waals surface area contributed by atoms with Gasteiger partial charge in [-0.3, -0.25) is 0 Å². The van der Waals surface area contributed by atoms with Gasteiger partial charge in [0, 0.05) is 0 Å². The van der Waals surface area contributed by atoms with Gasteiger partial charge in [-0.05, 0) is 50.4 Å². The predicted molar refractivity (Wildman–Crippen MR) is 98.5 cm³/mol. The van der Waals surface area contributed by atoms with E-state index in [0.717, 1.165) is 17.8 Å². The second-order valence-corrected chi connectivity index (χ2v) is 7.57. The number of rotatable bonds is 13. The Hall–Kier alpha value is -0.260. The molecule has 0 rings (SSSR count). The van der Waals surface area contributed by atoms with Gasteiger partial charge in [0.05, 0.1) is 0 Å². The average molecular weight is 294 g/mol. The van der Waals surface area contributed by atoms with Crippen molar-refractivity contribution in [1.29, 1.82) is 0 Å². The summed E-state index contributed by atoms with van der Waals surface area (Å²) in [5, 5.41) is 0. The molecule has 0 heterocycles. The summed E-state index contributed by atoms with van der Waals surface area (Å²) in [4.78, 5) is 0. The third kappa shape index (κ3) is 14.4. The van der Waals surface area contributed by atoms with Crippen LogP contribution in [0.15, 0.2) is 11.6 Å². The van der Waals surface area contributed by atoms with Gasteiger partial charge in [-0.15, -0.1) is 0 Å². The molecule has 0 aliphatic heterocycles. The molecule has 0 aromatic heterocycles. The average Bonchev–Trinajstić information content (AvgIpc) is 2.38. The molecule has 0 aromatic carbocycles. The molecular weight excluding hydrogens is 252 g/mol. The Morgan fingerprint density at radius 3 is 2.10 bits per heavy atom. The molecule has 0 saturated carbocycles. The highest BCUT2D eigenvalue weighted by atomic mass is 14.1. The summed E-state index contributed by atoms with van der Waals surface area (Å²) in [6.45, 7) is 14.0. The highest BCUT2D eigenvalue weighted by Gasteiger charge is 2.06. The summed E-state index contributed by atoms with van der Waals surface area (Å²) in [5.74, 6) is 2.59. The van der Waals surface area contributed by atoms with Crippen molar-refractivity contribution in [3.8, 4) is 0 Å². The summed E-state index contributed by atoms with van der Waals surface area (Å²) in [7, 11) is 0. The van der Waals surface area contributed by atoms with E-state index in [2.05, 4.69) is 54.0 Å². The first-order chi connectivity index (χ1) is 9.95. The maximum absolute atomic E-state index is 2.54. The van der Waals surface area contributed by atoms with Crippen molar-refractivity contribution in [2.45, 2.75) is 99.3 Å². The van der Waals surface area contributed by atoms with Gasteiger partial charge in [-0.2, -0.15) is 0 Å². The van der Waals surface area contributed by atoms with Gasteiger partial charge in [0.15, 0.2) is 0 Å². The Labute approximate surface area is 135 Å². The lowest BCUT2D eigenvalue weighted by Gasteiger charge is -2.15. The fraction of sp³-hybridized carbons (Fsp3) is 0.857. The van der Waals surface area contributed by atoms with Gasteiger partial charge < -0.3 is 0 Å². The molecule has 0 N–H and O–H groups in total. The van der Waals surface area contributed by atoms with Crippen molar-refractivity contribution in [1.82, 2.24) is 0 Å². The van der Waals surface area contributed by atoms with Crippen LogP contribution in [-0.2, 0) is 0 Å². The van der Waals surface area contributed by atoms with Gasteiger partial charge in [0.1, 0.15) is 0 Å². The Kier molecular flexibility index (Phi) is 13.2. The highest BCUT2D eigenvalue weighted by molar-refractivity contribution is 4.98. The van der Waals surface area contributed by atoms with Gasteiger partial charge in [0.2, 0.25) is 0 Å². The third-order valence-electron chi connectivity index (χ3n) is 4.50. The monoisotopic (exact) mass is 293 g/mol. The minimum absolute atomic E-state index is 0.794. The lowest BCUT2D eigenvalue weighted by atomic mass is 9.91. The largest absolute Gasteiger partial charge is 0.0859 e. The van der Waals surface area contributed by atoms with Crippen molar-refractivity contribution in [3.63, 3.8) is 0 Å². The zero-order valence-corrected chi connectivity index (χ0v) is 15.8. The van der Waals surface area contributed by atoms with Gasteiger partial charge >= 0.3 is 0 Å². The smallest absolute Gasteiger partial charge is 0.0320 e. The zero-order chi connectivity index (χ0) is 16.1. The molecule has 0 amide bonds. The van der Waals surface area contributed by atoms with E-state index in [9.17, 15) is 0 Å². The first-order valence-corrected chi connectivity index (χ1v) is 9.44. The topological polar surface area (TPSA) is 0 Å². The SMILES string of the molecule is CC/C=C(\C)CC[CH][C@H](C)CCC[C@H](C)CCCC(C)C. The second kappa shape index (κ2) is 13.4. The molecule has 1 radical (unpaired) electrons. The van der Waals surface area contributed by atoms with Gasteiger partial charge in [0.25, 0.3) is 0 Å². The maximum atomic E-state index is 2.54. The molecule has 2 atom stereocenters. The predicted octanol–water partition coefficient (Wildman–Crippen LogP) is 7.60. The minimum atomic E-state index is 0.794. The Morgan fingerprint density at radius 1 is 0.905 bits per heavy atom. The molecule has 0 aliphatic carbocycles. The highest BCUT2D eigenvalue weighted by Crippen LogP contribution is 2.21. The zero-order valence-electron chi connectivity index (χ0n) is 15.8. The molecule has 0 nitrogen and oxygen atoms in total. The summed E-state index contributed by atoms with van der Waals surface area (Å²) >= 11 is 0. The van der Waals surface area contributed by atoms with E-state index in [1.807, 2.05) is 0 Å². The normalized spacial score (nSPS) is 15.5. The first-order valence-electron chi connectivity index (χ1n) is 9.44. The molecule has 0 unspecified atom stereocenters. The number of hydrogen-bond acceptors (Lipinski definition) is 0. The van der Waals surface area contributed by atoms with Crippen LogP contribution in [-0.4, -0.2) is 0 Å². The quantitative estimate of drug-likeness (QED) is 0.307. The van der Waals surface area contributed by atoms with Crippen LogP contribution in [0.3, 0.4) is 0 Å². The van der Waals surface area contributed by atoms with Crippen LogP contribution in [0.2, 0.25) is 0 Å². The van der Waals surface area contributed by atoms with Crippen molar-refractivity contribution in [2.24, 2.45) is 17.8 Å². The van der Waals surface area contributed by atoms with Crippen LogP contribution in [0, 0.1) is 24.2 Å². The summed E-state index contributed by atoms with van der Waals surface area (Å²) in [5.41, 5.74) is 1.56. The third-order valence-corrected chi connectivity index (χ3v) is 4.50. The molecule has 0 fully saturated rings. The van der Waals surface area contributed by atoms with Gasteiger partial charge in [-0.1, -0.05) is 84.8 Å². The second-order valence-electron chi connectivity index (χ2n) is 7.57. The van der Waals surface area contributed by atoms with Crippen LogP contribution in [0.25, 0.3) is 0 Å². The maximum Gasteiger partial charge on any atom is -0.0320 e. The van der Waals surface area contributed by atoms with E-state index >= 15 is 0 Å². The molecule has 0 saturated heterocycles. The molecule has 125 valence electrons. The Balaban J connectivity index is 3.52. The number of allylic oxidation sites excluding steroid dienone is 2. The molecule has 0 spiro atoms. The first kappa shape index (κ1) is 20.7. The fourth-order valence-electron chi connectivity index (χ4n) is 2.97.